The highest BCUT2D eigenvalue weighted by Crippen LogP contribution is 2.46. The van der Waals surface area contributed by atoms with Gasteiger partial charge < -0.3 is 13.7 Å². The van der Waals surface area contributed by atoms with Gasteiger partial charge in [0.05, 0.1) is 102 Å². The molecule has 0 bridgehead atoms. The minimum absolute atomic E-state index is 0.0554. The first-order chi connectivity index (χ1) is 69.9. The molecule has 6 aromatic heterocycles. The van der Waals surface area contributed by atoms with Gasteiger partial charge in [0.2, 0.25) is 0 Å². The van der Waals surface area contributed by atoms with E-state index in [1.165, 1.54) is 142 Å². The van der Waals surface area contributed by atoms with E-state index >= 15 is 0 Å². The van der Waals surface area contributed by atoms with Crippen LogP contribution in [0.3, 0.4) is 0 Å². The molecular weight excluding hydrogens is 1720 g/mol. The van der Waals surface area contributed by atoms with E-state index in [9.17, 15) is 0 Å². The maximum absolute atomic E-state index is 5.26. The van der Waals surface area contributed by atoms with Gasteiger partial charge in [-0.1, -0.05) is 356 Å². The largest absolute Gasteiger partial charge is 0.309 e. The highest BCUT2D eigenvalue weighted by atomic mass is 15.0. The van der Waals surface area contributed by atoms with Crippen LogP contribution in [0.4, 0.5) is 0 Å². The fourth-order valence-corrected chi connectivity index (χ4v) is 21.7. The second-order valence-corrected chi connectivity index (χ2v) is 38.6. The minimum atomic E-state index is 0.0554. The molecule has 28 rings (SSSR count). The summed E-state index contributed by atoms with van der Waals surface area (Å²) in [4.78, 5) is 30.8. The van der Waals surface area contributed by atoms with Crippen LogP contribution in [0.1, 0.15) is 51.7 Å². The third kappa shape index (κ3) is 14.6. The zero-order chi connectivity index (χ0) is 94.8. The summed E-state index contributed by atoms with van der Waals surface area (Å²) < 4.78 is 7.14. The molecule has 6 heterocycles. The maximum Gasteiger partial charge on any atom is 0.0979 e. The van der Waals surface area contributed by atoms with Crippen LogP contribution in [0.15, 0.2) is 468 Å². The summed E-state index contributed by atoms with van der Waals surface area (Å²) in [5.41, 5.74) is 34.3. The molecule has 0 saturated carbocycles. The maximum atomic E-state index is 5.26. The molecule has 0 aliphatic rings. The lowest BCUT2D eigenvalue weighted by atomic mass is 9.86. The summed E-state index contributed by atoms with van der Waals surface area (Å²) in [5, 5.41) is 21.5. The molecule has 0 N–H and O–H groups in total. The van der Waals surface area contributed by atoms with Gasteiger partial charge in [-0.3, -0.25) is 15.0 Å². The molecule has 0 aliphatic carbocycles. The molecular formula is C133H93N9. The van der Waals surface area contributed by atoms with E-state index < -0.39 is 0 Å². The molecule has 0 amide bonds. The summed E-state index contributed by atoms with van der Waals surface area (Å²) in [6.07, 6.45) is 5.77. The summed E-state index contributed by atoms with van der Waals surface area (Å²) in [5.74, 6) is 0.456. The SMILES string of the molecule is CC(C)(C)c1ccc2c(c1)c1cc(-c3cccc(-c4cnc5c6ccccc6c6ccccc6c5n4)c3)ccc1n2-c1ccccc1.CC(C)c1ccc2c(c1)c1cc(-c3cccc(-c4cnc5c6ccccc6c6ccccc6c5n4)c3)ccc1n2-c1ccccc1.c1ccc(-c2ccc3c(c2)c2cc(-c4cccc(-c5cnc6c7ccccc7c7ccccc7c6n5)c4)ccc2n3-c2ccccc2)cc1. The Labute approximate surface area is 820 Å². The van der Waals surface area contributed by atoms with Crippen LogP contribution in [-0.2, 0) is 5.41 Å². The standard InChI is InChI=1S/C46H29N3.C44H33N3.C43H31N3/c1-3-12-30(13-4-1)32-22-24-43-40(27-32)41-28-33(23-25-44(41)49(43)35-16-5-2-6-17-35)31-14-11-15-34(26-31)42-29-47-45-38-20-9-7-18-36(38)37-19-8-10-21-39(37)46(45)48-42;1-44(2,3)31-21-23-41-38(26-31)37-25-29(20-22-40(37)47(41)32-14-5-4-6-15-32)28-12-11-13-30(24-28)39-27-45-42-35-18-9-7-16-33(35)34-17-8-10-19-36(34)43(42)46-39;1-27(2)28-19-21-40-37(24-28)38-25-30(20-22-41(38)46(40)32-13-4-3-5-14-32)29-11-10-12-31(23-29)39-26-44-42-35-17-8-6-15-33(35)34-16-7-9-18-36(34)43(42)45-39/h1-29H;4-27H,1-3H3;3-27H,1-2H3. The predicted octanol–water partition coefficient (Wildman–Crippen LogP) is 35.2. The number of aromatic nitrogens is 9. The van der Waals surface area contributed by atoms with Crippen molar-refractivity contribution >= 4 is 163 Å². The number of fused-ring (bicyclic) bond motifs is 27. The highest BCUT2D eigenvalue weighted by Gasteiger charge is 2.25. The quantitative estimate of drug-likeness (QED) is 0.120. The predicted molar refractivity (Wildman–Crippen MR) is 598 cm³/mol. The van der Waals surface area contributed by atoms with Gasteiger partial charge in [0, 0.05) is 98.4 Å². The third-order valence-electron chi connectivity index (χ3n) is 28.8. The molecule has 670 valence electrons. The second kappa shape index (κ2) is 34.5. The minimum Gasteiger partial charge on any atom is -0.309 e. The Kier molecular flexibility index (Phi) is 20.5. The molecule has 9 nitrogen and oxygen atoms in total. The van der Waals surface area contributed by atoms with Crippen molar-refractivity contribution in [3.63, 3.8) is 0 Å². The third-order valence-corrected chi connectivity index (χ3v) is 28.8. The van der Waals surface area contributed by atoms with Crippen LogP contribution in [0.25, 0.3) is 258 Å². The van der Waals surface area contributed by atoms with Crippen molar-refractivity contribution in [2.75, 3.05) is 0 Å². The fourth-order valence-electron chi connectivity index (χ4n) is 21.7. The van der Waals surface area contributed by atoms with Crippen molar-refractivity contribution in [3.8, 4) is 95.3 Å². The second-order valence-electron chi connectivity index (χ2n) is 38.6. The lowest BCUT2D eigenvalue weighted by Crippen LogP contribution is -2.10. The van der Waals surface area contributed by atoms with Gasteiger partial charge in [-0.15, -0.1) is 0 Å². The van der Waals surface area contributed by atoms with Gasteiger partial charge in [0.15, 0.2) is 0 Å². The van der Waals surface area contributed by atoms with Crippen LogP contribution in [0.2, 0.25) is 0 Å². The van der Waals surface area contributed by atoms with E-state index in [4.69, 9.17) is 29.9 Å². The Hall–Kier alpha value is -18.2. The molecule has 0 fully saturated rings. The smallest absolute Gasteiger partial charge is 0.0979 e. The number of nitrogens with zero attached hydrogens (tertiary/aromatic N) is 9. The summed E-state index contributed by atoms with van der Waals surface area (Å²) in [6, 6.07) is 161. The number of rotatable bonds is 11. The zero-order valence-electron chi connectivity index (χ0n) is 79.1. The van der Waals surface area contributed by atoms with Crippen LogP contribution in [-0.4, -0.2) is 43.6 Å². The van der Waals surface area contributed by atoms with Crippen molar-refractivity contribution < 1.29 is 0 Å². The van der Waals surface area contributed by atoms with Gasteiger partial charge >= 0.3 is 0 Å². The van der Waals surface area contributed by atoms with Crippen molar-refractivity contribution in [3.05, 3.63) is 479 Å². The Morgan fingerprint density at radius 3 is 0.718 bits per heavy atom. The molecule has 0 aliphatic heterocycles. The van der Waals surface area contributed by atoms with Gasteiger partial charge in [0.1, 0.15) is 0 Å². The Bertz CT molecular complexity index is 9840. The van der Waals surface area contributed by atoms with Gasteiger partial charge in [-0.25, -0.2) is 15.0 Å². The summed E-state index contributed by atoms with van der Waals surface area (Å²) in [7, 11) is 0. The monoisotopic (exact) mass is 1820 g/mol. The zero-order valence-corrected chi connectivity index (χ0v) is 79.1. The van der Waals surface area contributed by atoms with E-state index in [1.54, 1.807) is 0 Å². The molecule has 22 aromatic carbocycles. The van der Waals surface area contributed by atoms with Crippen LogP contribution in [0.5, 0.6) is 0 Å². The molecule has 28 aromatic rings. The van der Waals surface area contributed by atoms with Crippen LogP contribution < -0.4 is 0 Å². The number of para-hydroxylation sites is 3. The first-order valence-corrected chi connectivity index (χ1v) is 48.9. The highest BCUT2D eigenvalue weighted by molar-refractivity contribution is 6.26. The molecule has 0 spiro atoms. The van der Waals surface area contributed by atoms with E-state index in [0.29, 0.717) is 5.92 Å². The number of benzene rings is 22. The van der Waals surface area contributed by atoms with E-state index in [1.807, 2.05) is 18.6 Å². The summed E-state index contributed by atoms with van der Waals surface area (Å²) in [6.45, 7) is 11.4. The van der Waals surface area contributed by atoms with E-state index in [-0.39, 0.29) is 5.41 Å². The molecule has 142 heavy (non-hydrogen) atoms. The lowest BCUT2D eigenvalue weighted by Gasteiger charge is -2.19. The van der Waals surface area contributed by atoms with Gasteiger partial charge in [-0.2, -0.15) is 0 Å². The Morgan fingerprint density at radius 1 is 0.183 bits per heavy atom. The molecule has 0 radical (unpaired) electrons. The first-order valence-electron chi connectivity index (χ1n) is 48.9. The molecule has 0 atom stereocenters. The number of hydrogen-bond donors (Lipinski definition) is 0. The summed E-state index contributed by atoms with van der Waals surface area (Å²) >= 11 is 0. The van der Waals surface area contributed by atoms with Gasteiger partial charge in [-0.05, 0) is 227 Å². The van der Waals surface area contributed by atoms with Crippen molar-refractivity contribution in [1.82, 2.24) is 43.6 Å². The van der Waals surface area contributed by atoms with Crippen molar-refractivity contribution in [2.45, 2.75) is 46.0 Å². The lowest BCUT2D eigenvalue weighted by molar-refractivity contribution is 0.591. The number of hydrogen-bond acceptors (Lipinski definition) is 6. The topological polar surface area (TPSA) is 92.1 Å². The molecule has 0 saturated heterocycles. The van der Waals surface area contributed by atoms with Crippen molar-refractivity contribution in [2.24, 2.45) is 0 Å². The molecule has 9 heteroatoms. The first kappa shape index (κ1) is 84.3. The normalized spacial score (nSPS) is 11.9. The average Bonchev–Trinajstić information content (AvgIpc) is 1.66. The van der Waals surface area contributed by atoms with Crippen LogP contribution in [0, 0.1) is 0 Å². The Morgan fingerprint density at radius 2 is 0.415 bits per heavy atom. The molecule has 0 unspecified atom stereocenters. The van der Waals surface area contributed by atoms with Crippen molar-refractivity contribution in [1.29, 1.82) is 0 Å². The van der Waals surface area contributed by atoms with Gasteiger partial charge in [0.25, 0.3) is 0 Å². The average molecular weight is 1820 g/mol. The fraction of sp³-hybridized carbons (Fsp3) is 0.0526. The Balaban J connectivity index is 0.000000109. The van der Waals surface area contributed by atoms with E-state index in [2.05, 4.69) is 497 Å². The van der Waals surface area contributed by atoms with E-state index in [0.717, 1.165) is 127 Å². The van der Waals surface area contributed by atoms with Crippen LogP contribution >= 0.6 is 0 Å².